The number of nitrogens with one attached hydrogen (secondary N) is 1. The van der Waals surface area contributed by atoms with Crippen LogP contribution < -0.4 is 10.1 Å². The summed E-state index contributed by atoms with van der Waals surface area (Å²) in [6.45, 7) is 1.90. The molecule has 122 valence electrons. The molecule has 0 aliphatic rings. The highest BCUT2D eigenvalue weighted by Gasteiger charge is 2.18. The van der Waals surface area contributed by atoms with Crippen LogP contribution in [-0.2, 0) is 0 Å². The lowest BCUT2D eigenvalue weighted by Gasteiger charge is -2.12. The molecule has 3 rings (SSSR count). The monoisotopic (exact) mass is 340 g/mol. The number of methoxy groups -OCH3 is 1. The van der Waals surface area contributed by atoms with Crippen LogP contribution in [0.3, 0.4) is 0 Å². The average Bonchev–Trinajstić information content (AvgIpc) is 3.12. The van der Waals surface area contributed by atoms with Gasteiger partial charge in [-0.15, -0.1) is 11.3 Å². The fourth-order valence-electron chi connectivity index (χ4n) is 2.20. The Balaban J connectivity index is 1.74. The first-order chi connectivity index (χ1) is 11.7. The van der Waals surface area contributed by atoms with Gasteiger partial charge in [-0.3, -0.25) is 9.78 Å². The molecule has 0 fully saturated rings. The van der Waals surface area contributed by atoms with E-state index in [1.807, 2.05) is 24.4 Å². The Hall–Kier alpha value is -2.80. The fraction of sp³-hybridized carbons (Fsp3) is 0.176. The van der Waals surface area contributed by atoms with E-state index in [2.05, 4.69) is 20.3 Å². The summed E-state index contributed by atoms with van der Waals surface area (Å²) >= 11 is 1.50. The van der Waals surface area contributed by atoms with Crippen LogP contribution in [0.1, 0.15) is 28.3 Å². The number of amides is 1. The van der Waals surface area contributed by atoms with E-state index in [0.717, 1.165) is 16.3 Å². The van der Waals surface area contributed by atoms with E-state index in [0.29, 0.717) is 11.4 Å². The zero-order chi connectivity index (χ0) is 16.9. The van der Waals surface area contributed by atoms with Gasteiger partial charge in [-0.2, -0.15) is 0 Å². The second kappa shape index (κ2) is 7.18. The van der Waals surface area contributed by atoms with Crippen molar-refractivity contribution in [1.82, 2.24) is 20.3 Å². The first kappa shape index (κ1) is 16.1. The van der Waals surface area contributed by atoms with Crippen LogP contribution in [0.2, 0.25) is 0 Å². The number of ether oxygens (including phenoxy) is 1. The van der Waals surface area contributed by atoms with Crippen LogP contribution in [-0.4, -0.2) is 28.0 Å². The molecule has 1 N–H and O–H groups in total. The number of pyridine rings is 2. The van der Waals surface area contributed by atoms with Crippen molar-refractivity contribution in [3.05, 3.63) is 58.8 Å². The smallest absolute Gasteiger partial charge is 0.257 e. The van der Waals surface area contributed by atoms with E-state index in [-0.39, 0.29) is 11.9 Å². The van der Waals surface area contributed by atoms with Crippen molar-refractivity contribution in [3.63, 3.8) is 0 Å². The highest BCUT2D eigenvalue weighted by molar-refractivity contribution is 7.10. The Morgan fingerprint density at radius 1 is 1.29 bits per heavy atom. The molecule has 3 heterocycles. The quantitative estimate of drug-likeness (QED) is 0.772. The normalized spacial score (nSPS) is 11.8. The maximum Gasteiger partial charge on any atom is 0.257 e. The average molecular weight is 340 g/mol. The minimum absolute atomic E-state index is 0.224. The summed E-state index contributed by atoms with van der Waals surface area (Å²) in [5, 5.41) is 5.71. The molecule has 0 saturated heterocycles. The molecule has 1 atom stereocenters. The lowest BCUT2D eigenvalue weighted by molar-refractivity contribution is 0.0936. The molecule has 0 radical (unpaired) electrons. The Morgan fingerprint density at radius 3 is 2.88 bits per heavy atom. The molecule has 0 aliphatic carbocycles. The molecule has 0 spiro atoms. The van der Waals surface area contributed by atoms with Gasteiger partial charge in [0, 0.05) is 29.5 Å². The number of carbonyl (C=O) groups excluding carboxylic acids is 1. The molecular formula is C17H16N4O2S. The molecule has 24 heavy (non-hydrogen) atoms. The lowest BCUT2D eigenvalue weighted by atomic mass is 10.2. The predicted octanol–water partition coefficient (Wildman–Crippen LogP) is 3.10. The number of thiazole rings is 1. The molecule has 3 aromatic heterocycles. The van der Waals surface area contributed by atoms with Crippen molar-refractivity contribution >= 4 is 17.2 Å². The van der Waals surface area contributed by atoms with Crippen molar-refractivity contribution in [2.75, 3.05) is 7.11 Å². The number of nitrogens with zero attached hydrogens (tertiary/aromatic N) is 3. The standard InChI is InChI=1S/C17H16N4O2S/c1-11(20-15(22)13-6-4-8-19-16(13)23-2)17-21-14(10-24-17)12-5-3-7-18-9-12/h3-11H,1-2H3,(H,20,22)/t11-/m0/s1. The van der Waals surface area contributed by atoms with E-state index in [1.165, 1.54) is 18.4 Å². The third kappa shape index (κ3) is 3.41. The summed E-state index contributed by atoms with van der Waals surface area (Å²) in [4.78, 5) is 25.1. The van der Waals surface area contributed by atoms with E-state index >= 15 is 0 Å². The Morgan fingerprint density at radius 2 is 2.12 bits per heavy atom. The van der Waals surface area contributed by atoms with Gasteiger partial charge in [-0.25, -0.2) is 9.97 Å². The SMILES string of the molecule is COc1ncccc1C(=O)N[C@@H](C)c1nc(-c2cccnc2)cs1. The molecule has 0 saturated carbocycles. The summed E-state index contributed by atoms with van der Waals surface area (Å²) < 4.78 is 5.12. The molecular weight excluding hydrogens is 324 g/mol. The zero-order valence-electron chi connectivity index (χ0n) is 13.3. The Bertz CT molecular complexity index is 835. The molecule has 1 amide bonds. The van der Waals surface area contributed by atoms with Crippen molar-refractivity contribution in [1.29, 1.82) is 0 Å². The molecule has 6 nitrogen and oxygen atoms in total. The zero-order valence-corrected chi connectivity index (χ0v) is 14.1. The lowest BCUT2D eigenvalue weighted by Crippen LogP contribution is -2.27. The number of rotatable bonds is 5. The molecule has 0 unspecified atom stereocenters. The van der Waals surface area contributed by atoms with Gasteiger partial charge >= 0.3 is 0 Å². The molecule has 0 aromatic carbocycles. The van der Waals surface area contributed by atoms with Crippen LogP contribution in [0.15, 0.2) is 48.2 Å². The van der Waals surface area contributed by atoms with Gasteiger partial charge in [-0.1, -0.05) is 0 Å². The number of hydrogen-bond donors (Lipinski definition) is 1. The summed E-state index contributed by atoms with van der Waals surface area (Å²) in [6.07, 6.45) is 5.07. The van der Waals surface area contributed by atoms with Gasteiger partial charge in [0.05, 0.1) is 18.8 Å². The van der Waals surface area contributed by atoms with Gasteiger partial charge in [0.15, 0.2) is 0 Å². The van der Waals surface area contributed by atoms with Gasteiger partial charge in [-0.05, 0) is 31.2 Å². The highest BCUT2D eigenvalue weighted by Crippen LogP contribution is 2.25. The summed E-state index contributed by atoms with van der Waals surface area (Å²) in [6, 6.07) is 6.98. The number of hydrogen-bond acceptors (Lipinski definition) is 6. The van der Waals surface area contributed by atoms with E-state index in [9.17, 15) is 4.79 Å². The van der Waals surface area contributed by atoms with Crippen molar-refractivity contribution in [3.8, 4) is 17.1 Å². The third-order valence-electron chi connectivity index (χ3n) is 3.41. The number of carbonyl (C=O) groups is 1. The molecule has 0 bridgehead atoms. The Kier molecular flexibility index (Phi) is 4.81. The van der Waals surface area contributed by atoms with Gasteiger partial charge in [0.1, 0.15) is 10.6 Å². The second-order valence-corrected chi connectivity index (χ2v) is 5.96. The molecule has 3 aromatic rings. The first-order valence-electron chi connectivity index (χ1n) is 7.34. The topological polar surface area (TPSA) is 77.0 Å². The van der Waals surface area contributed by atoms with Crippen LogP contribution in [0.5, 0.6) is 5.88 Å². The van der Waals surface area contributed by atoms with Crippen molar-refractivity contribution in [2.45, 2.75) is 13.0 Å². The van der Waals surface area contributed by atoms with Crippen molar-refractivity contribution < 1.29 is 9.53 Å². The largest absolute Gasteiger partial charge is 0.480 e. The van der Waals surface area contributed by atoms with Gasteiger partial charge in [0.25, 0.3) is 5.91 Å². The minimum atomic E-state index is -0.245. The second-order valence-electron chi connectivity index (χ2n) is 5.07. The summed E-state index contributed by atoms with van der Waals surface area (Å²) in [5.74, 6) is 0.0583. The van der Waals surface area contributed by atoms with E-state index in [1.54, 1.807) is 30.7 Å². The van der Waals surface area contributed by atoms with Gasteiger partial charge < -0.3 is 10.1 Å². The minimum Gasteiger partial charge on any atom is -0.480 e. The Labute approximate surface area is 143 Å². The first-order valence-corrected chi connectivity index (χ1v) is 8.22. The van der Waals surface area contributed by atoms with E-state index < -0.39 is 0 Å². The van der Waals surface area contributed by atoms with Crippen LogP contribution in [0.4, 0.5) is 0 Å². The van der Waals surface area contributed by atoms with Crippen LogP contribution in [0.25, 0.3) is 11.3 Å². The summed E-state index contributed by atoms with van der Waals surface area (Å²) in [7, 11) is 1.49. The predicted molar refractivity (Wildman–Crippen MR) is 92.0 cm³/mol. The summed E-state index contributed by atoms with van der Waals surface area (Å²) in [5.41, 5.74) is 2.20. The molecule has 7 heteroatoms. The maximum atomic E-state index is 12.4. The maximum absolute atomic E-state index is 12.4. The molecule has 0 aliphatic heterocycles. The van der Waals surface area contributed by atoms with Crippen LogP contribution >= 0.6 is 11.3 Å². The van der Waals surface area contributed by atoms with E-state index in [4.69, 9.17) is 4.74 Å². The van der Waals surface area contributed by atoms with Crippen LogP contribution in [0, 0.1) is 0 Å². The van der Waals surface area contributed by atoms with Gasteiger partial charge in [0.2, 0.25) is 5.88 Å². The van der Waals surface area contributed by atoms with Crippen molar-refractivity contribution in [2.24, 2.45) is 0 Å². The number of aromatic nitrogens is 3. The third-order valence-corrected chi connectivity index (χ3v) is 4.43. The fourth-order valence-corrected chi connectivity index (χ4v) is 3.03. The highest BCUT2D eigenvalue weighted by atomic mass is 32.1.